The molecule has 0 aromatic heterocycles. The van der Waals surface area contributed by atoms with Crippen molar-refractivity contribution in [1.82, 2.24) is 4.90 Å². The van der Waals surface area contributed by atoms with E-state index < -0.39 is 11.6 Å². The Morgan fingerprint density at radius 3 is 2.58 bits per heavy atom. The van der Waals surface area contributed by atoms with Crippen LogP contribution in [0.3, 0.4) is 0 Å². The second kappa shape index (κ2) is 8.08. The van der Waals surface area contributed by atoms with Crippen LogP contribution in [-0.2, 0) is 0 Å². The molecule has 138 valence electrons. The third-order valence-corrected chi connectivity index (χ3v) is 5.72. The highest BCUT2D eigenvalue weighted by molar-refractivity contribution is 7.99. The summed E-state index contributed by atoms with van der Waals surface area (Å²) in [5, 5.41) is 2.79. The van der Waals surface area contributed by atoms with Crippen LogP contribution < -0.4 is 5.32 Å². The molecule has 6 heteroatoms. The molecular formula is C20H22F2N2OS. The summed E-state index contributed by atoms with van der Waals surface area (Å²) in [6.07, 6.45) is 0.589. The smallest absolute Gasteiger partial charge is 0.321 e. The largest absolute Gasteiger partial charge is 0.324 e. The van der Waals surface area contributed by atoms with Crippen molar-refractivity contribution in [1.29, 1.82) is 0 Å². The lowest BCUT2D eigenvalue weighted by atomic mass is 10.1. The van der Waals surface area contributed by atoms with E-state index in [0.717, 1.165) is 22.9 Å². The van der Waals surface area contributed by atoms with Crippen molar-refractivity contribution >= 4 is 23.5 Å². The molecule has 1 aliphatic heterocycles. The van der Waals surface area contributed by atoms with Gasteiger partial charge >= 0.3 is 6.03 Å². The zero-order valence-corrected chi connectivity index (χ0v) is 15.7. The fraction of sp³-hybridized carbons (Fsp3) is 0.350. The summed E-state index contributed by atoms with van der Waals surface area (Å²) < 4.78 is 27.5. The monoisotopic (exact) mass is 376 g/mol. The first-order chi connectivity index (χ1) is 12.4. The molecule has 2 aromatic carbocycles. The number of urea groups is 1. The molecule has 1 aliphatic rings. The molecule has 3 nitrogen and oxygen atoms in total. The Kier molecular flexibility index (Phi) is 5.81. The molecule has 2 aromatic rings. The van der Waals surface area contributed by atoms with Crippen LogP contribution in [0.4, 0.5) is 19.3 Å². The van der Waals surface area contributed by atoms with Crippen molar-refractivity contribution < 1.29 is 13.6 Å². The van der Waals surface area contributed by atoms with E-state index in [2.05, 4.69) is 11.4 Å². The van der Waals surface area contributed by atoms with Gasteiger partial charge < -0.3 is 10.2 Å². The van der Waals surface area contributed by atoms with Crippen LogP contribution >= 0.6 is 11.8 Å². The molecule has 2 amide bonds. The Morgan fingerprint density at radius 1 is 1.12 bits per heavy atom. The number of anilines is 1. The highest BCUT2D eigenvalue weighted by Crippen LogP contribution is 2.36. The Labute approximate surface area is 156 Å². The van der Waals surface area contributed by atoms with E-state index in [1.165, 1.54) is 12.1 Å². The van der Waals surface area contributed by atoms with Crippen LogP contribution in [-0.4, -0.2) is 29.8 Å². The van der Waals surface area contributed by atoms with E-state index in [1.807, 2.05) is 26.0 Å². The number of rotatable bonds is 2. The first-order valence-corrected chi connectivity index (χ1v) is 9.68. The molecule has 1 fully saturated rings. The molecule has 1 atom stereocenters. The second-order valence-electron chi connectivity index (χ2n) is 6.61. The van der Waals surface area contributed by atoms with Crippen molar-refractivity contribution in [3.8, 4) is 0 Å². The minimum absolute atomic E-state index is 0.148. The summed E-state index contributed by atoms with van der Waals surface area (Å²) in [5.74, 6) is -0.145. The fourth-order valence-corrected chi connectivity index (χ4v) is 4.48. The molecule has 0 aliphatic carbocycles. The number of amides is 2. The Morgan fingerprint density at radius 2 is 1.85 bits per heavy atom. The molecule has 1 unspecified atom stereocenters. The van der Waals surface area contributed by atoms with E-state index in [4.69, 9.17) is 0 Å². The number of nitrogens with zero attached hydrogens (tertiary/aromatic N) is 1. The van der Waals surface area contributed by atoms with E-state index in [1.54, 1.807) is 16.7 Å². The van der Waals surface area contributed by atoms with Crippen molar-refractivity contribution in [3.05, 3.63) is 64.7 Å². The van der Waals surface area contributed by atoms with Crippen molar-refractivity contribution in [2.45, 2.75) is 25.5 Å². The summed E-state index contributed by atoms with van der Waals surface area (Å²) >= 11 is 1.56. The van der Waals surface area contributed by atoms with Crippen LogP contribution in [0.5, 0.6) is 0 Å². The predicted molar refractivity (Wildman–Crippen MR) is 103 cm³/mol. The summed E-state index contributed by atoms with van der Waals surface area (Å²) in [6, 6.07) is 9.32. The zero-order valence-electron chi connectivity index (χ0n) is 14.9. The summed E-state index contributed by atoms with van der Waals surface area (Å²) in [6.45, 7) is 5.06. The van der Waals surface area contributed by atoms with Gasteiger partial charge in [0.25, 0.3) is 0 Å². The van der Waals surface area contributed by atoms with Crippen molar-refractivity contribution in [2.24, 2.45) is 0 Å². The van der Waals surface area contributed by atoms with Gasteiger partial charge in [0, 0.05) is 35.3 Å². The van der Waals surface area contributed by atoms with Crippen molar-refractivity contribution in [2.75, 3.05) is 24.2 Å². The van der Waals surface area contributed by atoms with Crippen LogP contribution in [0, 0.1) is 25.5 Å². The molecule has 0 saturated carbocycles. The SMILES string of the molecule is Cc1cc(C)cc(NC(=O)N2CCSC(c3cc(F)ccc3F)CC2)c1. The Balaban J connectivity index is 1.66. The summed E-state index contributed by atoms with van der Waals surface area (Å²) in [4.78, 5) is 14.3. The number of carbonyl (C=O) groups excluding carboxylic acids is 1. The van der Waals surface area contributed by atoms with Crippen LogP contribution in [0.2, 0.25) is 0 Å². The molecule has 0 bridgehead atoms. The molecule has 26 heavy (non-hydrogen) atoms. The number of thioether (sulfide) groups is 1. The maximum absolute atomic E-state index is 14.0. The van der Waals surface area contributed by atoms with E-state index >= 15 is 0 Å². The maximum atomic E-state index is 14.0. The third-order valence-electron chi connectivity index (χ3n) is 4.41. The van der Waals surface area contributed by atoms with E-state index in [0.29, 0.717) is 30.8 Å². The van der Waals surface area contributed by atoms with Gasteiger partial charge in [0.2, 0.25) is 0 Å². The second-order valence-corrected chi connectivity index (χ2v) is 7.92. The lowest BCUT2D eigenvalue weighted by molar-refractivity contribution is 0.215. The van der Waals surface area contributed by atoms with E-state index in [-0.39, 0.29) is 11.3 Å². The standard InChI is InChI=1S/C20H22F2N2OS/c1-13-9-14(2)11-16(10-13)23-20(25)24-6-5-19(26-8-7-24)17-12-15(21)3-4-18(17)22/h3-4,9-12,19H,5-8H2,1-2H3,(H,23,25). The number of hydrogen-bond donors (Lipinski definition) is 1. The van der Waals surface area contributed by atoms with E-state index in [9.17, 15) is 13.6 Å². The third kappa shape index (κ3) is 4.55. The first kappa shape index (κ1) is 18.7. The summed E-state index contributed by atoms with van der Waals surface area (Å²) in [5.41, 5.74) is 3.34. The van der Waals surface area contributed by atoms with Gasteiger partial charge in [-0.15, -0.1) is 0 Å². The van der Waals surface area contributed by atoms with Crippen LogP contribution in [0.25, 0.3) is 0 Å². The lowest BCUT2D eigenvalue weighted by Gasteiger charge is -2.21. The number of benzene rings is 2. The highest BCUT2D eigenvalue weighted by atomic mass is 32.2. The quantitative estimate of drug-likeness (QED) is 0.772. The number of hydrogen-bond acceptors (Lipinski definition) is 2. The van der Waals surface area contributed by atoms with Crippen LogP contribution in [0.1, 0.15) is 28.4 Å². The molecular weight excluding hydrogens is 354 g/mol. The average Bonchev–Trinajstić information content (AvgIpc) is 2.82. The molecule has 1 N–H and O–H groups in total. The molecule has 3 rings (SSSR count). The Hall–Kier alpha value is -2.08. The van der Waals surface area contributed by atoms with Gasteiger partial charge in [0.05, 0.1) is 0 Å². The minimum Gasteiger partial charge on any atom is -0.324 e. The topological polar surface area (TPSA) is 32.3 Å². The normalized spacial score (nSPS) is 17.7. The molecule has 0 radical (unpaired) electrons. The van der Waals surface area contributed by atoms with Gasteiger partial charge in [0.15, 0.2) is 0 Å². The van der Waals surface area contributed by atoms with Gasteiger partial charge in [-0.3, -0.25) is 0 Å². The van der Waals surface area contributed by atoms with Gasteiger partial charge in [-0.2, -0.15) is 11.8 Å². The maximum Gasteiger partial charge on any atom is 0.321 e. The average molecular weight is 376 g/mol. The predicted octanol–water partition coefficient (Wildman–Crippen LogP) is 5.29. The number of aryl methyl sites for hydroxylation is 2. The van der Waals surface area contributed by atoms with Crippen LogP contribution in [0.15, 0.2) is 36.4 Å². The zero-order chi connectivity index (χ0) is 18.7. The molecule has 1 heterocycles. The number of halogens is 2. The number of nitrogens with one attached hydrogen (secondary N) is 1. The van der Waals surface area contributed by atoms with Gasteiger partial charge in [-0.05, 0) is 61.7 Å². The first-order valence-electron chi connectivity index (χ1n) is 8.63. The fourth-order valence-electron chi connectivity index (χ4n) is 3.23. The van der Waals surface area contributed by atoms with Crippen molar-refractivity contribution in [3.63, 3.8) is 0 Å². The Bertz CT molecular complexity index is 792. The van der Waals surface area contributed by atoms with Gasteiger partial charge in [0.1, 0.15) is 11.6 Å². The number of carbonyl (C=O) groups is 1. The summed E-state index contributed by atoms with van der Waals surface area (Å²) in [7, 11) is 0. The van der Waals surface area contributed by atoms with Gasteiger partial charge in [-0.25, -0.2) is 13.6 Å². The lowest BCUT2D eigenvalue weighted by Crippen LogP contribution is -2.36. The van der Waals surface area contributed by atoms with Gasteiger partial charge in [-0.1, -0.05) is 6.07 Å². The highest BCUT2D eigenvalue weighted by Gasteiger charge is 2.24. The molecule has 0 spiro atoms. The minimum atomic E-state index is -0.435. The molecule has 1 saturated heterocycles.